The number of aromatic nitrogens is 3. The molecule has 3 heterocycles. The number of primary amides is 1. The van der Waals surface area contributed by atoms with Gasteiger partial charge in [-0.3, -0.25) is 14.5 Å². The van der Waals surface area contributed by atoms with Crippen molar-refractivity contribution in [3.63, 3.8) is 0 Å². The van der Waals surface area contributed by atoms with Crippen molar-refractivity contribution in [2.75, 3.05) is 32.7 Å². The largest absolute Gasteiger partial charge is 0.369 e. The Balaban J connectivity index is 1.66. The Morgan fingerprint density at radius 1 is 1.17 bits per heavy atom. The number of carbonyl (C=O) groups is 2. The van der Waals surface area contributed by atoms with Crippen LogP contribution in [0.3, 0.4) is 0 Å². The molecule has 1 aliphatic heterocycles. The third-order valence-electron chi connectivity index (χ3n) is 3.74. The van der Waals surface area contributed by atoms with Gasteiger partial charge in [-0.05, 0) is 12.5 Å². The SMILES string of the molecule is NC(=O)CN1CCCN(C(=O)c2csc(-c3ncccn3)n2)CC1. The first-order valence-corrected chi connectivity index (χ1v) is 8.54. The average molecular weight is 346 g/mol. The highest BCUT2D eigenvalue weighted by Crippen LogP contribution is 2.20. The van der Waals surface area contributed by atoms with Crippen molar-refractivity contribution in [1.82, 2.24) is 24.8 Å². The van der Waals surface area contributed by atoms with E-state index in [-0.39, 0.29) is 18.4 Å². The highest BCUT2D eigenvalue weighted by atomic mass is 32.1. The van der Waals surface area contributed by atoms with Gasteiger partial charge in [-0.2, -0.15) is 0 Å². The standard InChI is InChI=1S/C15H18N6O2S/c16-12(22)9-20-5-2-6-21(8-7-20)15(23)11-10-24-14(19-11)13-17-3-1-4-18-13/h1,3-4,10H,2,5-9H2,(H2,16,22). The van der Waals surface area contributed by atoms with Crippen LogP contribution in [-0.2, 0) is 4.79 Å². The molecule has 0 aromatic carbocycles. The van der Waals surface area contributed by atoms with Gasteiger partial charge in [0.1, 0.15) is 5.69 Å². The Kier molecular flexibility index (Phi) is 5.11. The van der Waals surface area contributed by atoms with E-state index in [1.807, 2.05) is 4.90 Å². The van der Waals surface area contributed by atoms with Crippen molar-refractivity contribution in [3.8, 4) is 10.8 Å². The average Bonchev–Trinajstić information content (AvgIpc) is 2.96. The summed E-state index contributed by atoms with van der Waals surface area (Å²) in [5, 5.41) is 2.37. The normalized spacial score (nSPS) is 15.9. The first kappa shape index (κ1) is 16.5. The molecule has 2 aromatic heterocycles. The van der Waals surface area contributed by atoms with Crippen LogP contribution in [0.2, 0.25) is 0 Å². The molecule has 0 saturated carbocycles. The van der Waals surface area contributed by atoms with Gasteiger partial charge >= 0.3 is 0 Å². The molecular weight excluding hydrogens is 328 g/mol. The van der Waals surface area contributed by atoms with Gasteiger partial charge in [-0.15, -0.1) is 11.3 Å². The maximum absolute atomic E-state index is 12.6. The number of nitrogens with two attached hydrogens (primary N) is 1. The number of carbonyl (C=O) groups excluding carboxylic acids is 2. The highest BCUT2D eigenvalue weighted by molar-refractivity contribution is 7.13. The maximum atomic E-state index is 12.6. The minimum Gasteiger partial charge on any atom is -0.369 e. The lowest BCUT2D eigenvalue weighted by molar-refractivity contribution is -0.119. The predicted octanol–water partition coefficient (Wildman–Crippen LogP) is 0.233. The summed E-state index contributed by atoms with van der Waals surface area (Å²) >= 11 is 1.35. The topological polar surface area (TPSA) is 105 Å². The molecule has 1 saturated heterocycles. The van der Waals surface area contributed by atoms with Gasteiger partial charge in [0.15, 0.2) is 10.8 Å². The second-order valence-electron chi connectivity index (χ2n) is 5.50. The van der Waals surface area contributed by atoms with E-state index >= 15 is 0 Å². The number of amides is 2. The van der Waals surface area contributed by atoms with Crippen molar-refractivity contribution in [2.24, 2.45) is 5.73 Å². The van der Waals surface area contributed by atoms with Gasteiger partial charge in [-0.1, -0.05) is 0 Å². The number of rotatable bonds is 4. The molecule has 2 aromatic rings. The van der Waals surface area contributed by atoms with Crippen molar-refractivity contribution < 1.29 is 9.59 Å². The van der Waals surface area contributed by atoms with Crippen LogP contribution in [0.25, 0.3) is 10.8 Å². The Labute approximate surface area is 143 Å². The quantitative estimate of drug-likeness (QED) is 0.850. The van der Waals surface area contributed by atoms with Crippen LogP contribution in [0, 0.1) is 0 Å². The van der Waals surface area contributed by atoms with Crippen LogP contribution in [0.4, 0.5) is 0 Å². The fourth-order valence-electron chi connectivity index (χ4n) is 2.60. The number of nitrogens with zero attached hydrogens (tertiary/aromatic N) is 5. The van der Waals surface area contributed by atoms with Crippen molar-refractivity contribution in [3.05, 3.63) is 29.5 Å². The van der Waals surface area contributed by atoms with E-state index in [9.17, 15) is 9.59 Å². The second kappa shape index (κ2) is 7.45. The summed E-state index contributed by atoms with van der Waals surface area (Å²) in [6.45, 7) is 2.82. The summed E-state index contributed by atoms with van der Waals surface area (Å²) in [4.78, 5) is 40.1. The lowest BCUT2D eigenvalue weighted by atomic mass is 10.3. The summed E-state index contributed by atoms with van der Waals surface area (Å²) in [5.74, 6) is 0.0705. The Morgan fingerprint density at radius 3 is 2.71 bits per heavy atom. The first-order chi connectivity index (χ1) is 11.6. The Hall–Kier alpha value is -2.39. The van der Waals surface area contributed by atoms with Crippen molar-refractivity contribution >= 4 is 23.2 Å². The van der Waals surface area contributed by atoms with E-state index in [1.165, 1.54) is 11.3 Å². The third-order valence-corrected chi connectivity index (χ3v) is 4.57. The van der Waals surface area contributed by atoms with Gasteiger partial charge in [0.05, 0.1) is 6.54 Å². The molecule has 0 radical (unpaired) electrons. The minimum atomic E-state index is -0.346. The van der Waals surface area contributed by atoms with Crippen LogP contribution in [-0.4, -0.2) is 69.3 Å². The van der Waals surface area contributed by atoms with Gasteiger partial charge in [0, 0.05) is 44.0 Å². The predicted molar refractivity (Wildman–Crippen MR) is 89.3 cm³/mol. The molecule has 1 aliphatic rings. The summed E-state index contributed by atoms with van der Waals surface area (Å²) in [6, 6.07) is 1.73. The number of hydrogen-bond donors (Lipinski definition) is 1. The van der Waals surface area contributed by atoms with Gasteiger partial charge < -0.3 is 10.6 Å². The van der Waals surface area contributed by atoms with Crippen LogP contribution in [0.5, 0.6) is 0 Å². The van der Waals surface area contributed by atoms with Gasteiger partial charge in [-0.25, -0.2) is 15.0 Å². The van der Waals surface area contributed by atoms with Crippen molar-refractivity contribution in [2.45, 2.75) is 6.42 Å². The van der Waals surface area contributed by atoms with E-state index < -0.39 is 0 Å². The van der Waals surface area contributed by atoms with Gasteiger partial charge in [0.25, 0.3) is 5.91 Å². The molecule has 0 bridgehead atoms. The van der Waals surface area contributed by atoms with Gasteiger partial charge in [0.2, 0.25) is 5.91 Å². The zero-order valence-electron chi connectivity index (χ0n) is 13.1. The van der Waals surface area contributed by atoms with E-state index in [2.05, 4.69) is 15.0 Å². The number of hydrogen-bond acceptors (Lipinski definition) is 7. The fourth-order valence-corrected chi connectivity index (χ4v) is 3.34. The molecule has 126 valence electrons. The monoisotopic (exact) mass is 346 g/mol. The van der Waals surface area contributed by atoms with Crippen LogP contribution < -0.4 is 5.73 Å². The smallest absolute Gasteiger partial charge is 0.273 e. The van der Waals surface area contributed by atoms with E-state index in [0.29, 0.717) is 36.2 Å². The highest BCUT2D eigenvalue weighted by Gasteiger charge is 2.23. The molecule has 0 atom stereocenters. The van der Waals surface area contributed by atoms with E-state index in [4.69, 9.17) is 5.73 Å². The van der Waals surface area contributed by atoms with Crippen molar-refractivity contribution in [1.29, 1.82) is 0 Å². The third kappa shape index (κ3) is 3.92. The van der Waals surface area contributed by atoms with E-state index in [0.717, 1.165) is 13.0 Å². The Bertz CT molecular complexity index is 720. The Morgan fingerprint density at radius 2 is 1.96 bits per heavy atom. The second-order valence-corrected chi connectivity index (χ2v) is 6.36. The molecule has 3 rings (SSSR count). The molecule has 2 amide bonds. The molecule has 0 aliphatic carbocycles. The molecule has 9 heteroatoms. The van der Waals surface area contributed by atoms with E-state index in [1.54, 1.807) is 28.7 Å². The first-order valence-electron chi connectivity index (χ1n) is 7.66. The summed E-state index contributed by atoms with van der Waals surface area (Å²) in [5.41, 5.74) is 5.64. The summed E-state index contributed by atoms with van der Waals surface area (Å²) in [7, 11) is 0. The molecule has 2 N–H and O–H groups in total. The molecule has 8 nitrogen and oxygen atoms in total. The molecule has 0 spiro atoms. The van der Waals surface area contributed by atoms with Crippen LogP contribution in [0.1, 0.15) is 16.9 Å². The lowest BCUT2D eigenvalue weighted by Gasteiger charge is -2.20. The van der Waals surface area contributed by atoms with Crippen LogP contribution >= 0.6 is 11.3 Å². The van der Waals surface area contributed by atoms with Crippen LogP contribution in [0.15, 0.2) is 23.8 Å². The zero-order chi connectivity index (χ0) is 16.9. The molecule has 1 fully saturated rings. The number of thiazole rings is 1. The molecule has 0 unspecified atom stereocenters. The summed E-state index contributed by atoms with van der Waals surface area (Å²) < 4.78 is 0. The minimum absolute atomic E-state index is 0.102. The maximum Gasteiger partial charge on any atom is 0.273 e. The molecule has 24 heavy (non-hydrogen) atoms. The zero-order valence-corrected chi connectivity index (χ0v) is 13.9. The summed E-state index contributed by atoms with van der Waals surface area (Å²) in [6.07, 6.45) is 4.10. The fraction of sp³-hybridized carbons (Fsp3) is 0.400. The lowest BCUT2D eigenvalue weighted by Crippen LogP contribution is -2.38. The molecular formula is C15H18N6O2S.